The van der Waals surface area contributed by atoms with Gasteiger partial charge in [-0.25, -0.2) is 0 Å². The molecule has 28 rings (SSSR count). The number of carbonyl (C=O) groups is 4. The molecule has 7 aromatic carbocycles. The summed E-state index contributed by atoms with van der Waals surface area (Å²) in [5, 5.41) is 88.1. The van der Waals surface area contributed by atoms with Crippen LogP contribution in [0.15, 0.2) is 133 Å². The van der Waals surface area contributed by atoms with Crippen molar-refractivity contribution in [1.29, 1.82) is 0 Å². The summed E-state index contributed by atoms with van der Waals surface area (Å²) in [5.74, 6) is 5.27. The highest BCUT2D eigenvalue weighted by Gasteiger charge is 2.75. The lowest BCUT2D eigenvalue weighted by Crippen LogP contribution is -2.76. The Balaban J connectivity index is 0.0000000951. The third-order valence-electron chi connectivity index (χ3n) is 40.1. The highest BCUT2D eigenvalue weighted by atomic mass is 127. The molecule has 5 saturated heterocycles. The van der Waals surface area contributed by atoms with Gasteiger partial charge in [0.05, 0.1) is 33.4 Å². The van der Waals surface area contributed by atoms with E-state index in [2.05, 4.69) is 156 Å². The van der Waals surface area contributed by atoms with Crippen molar-refractivity contribution < 1.29 is 59.7 Å². The smallest absolute Gasteiger partial charge is 0.251 e. The normalized spacial score (nSPS) is 37.0. The molecular weight excluding hydrogens is 1960 g/mol. The zero-order valence-electron chi connectivity index (χ0n) is 81.6. The van der Waals surface area contributed by atoms with Gasteiger partial charge in [0.2, 0.25) is 0 Å². The number of nitrogens with one attached hydrogen (secondary N) is 2. The van der Waals surface area contributed by atoms with Crippen molar-refractivity contribution in [2.24, 2.45) is 35.3 Å². The molecule has 6 aliphatic heterocycles. The van der Waals surface area contributed by atoms with Gasteiger partial charge in [-0.3, -0.25) is 43.7 Å². The number of aliphatic hydroxyl groups is 5. The Labute approximate surface area is 847 Å². The van der Waals surface area contributed by atoms with Crippen molar-refractivity contribution in [3.8, 4) is 17.2 Å². The quantitative estimate of drug-likeness (QED) is 0.0453. The fraction of sp³-hybridized carbons (Fsp3) is 0.607. The summed E-state index contributed by atoms with van der Waals surface area (Å²) >= 11 is 4.48. The molecule has 738 valence electrons. The van der Waals surface area contributed by atoms with Crippen molar-refractivity contribution in [1.82, 2.24) is 35.1 Å². The van der Waals surface area contributed by atoms with Crippen LogP contribution in [0, 0.1) is 57.5 Å². The second-order valence-corrected chi connectivity index (χ2v) is 50.8. The number of hydrogen-bond donors (Lipinski definition) is 10. The number of aromatic hydroxyl groups is 2. The molecule has 0 radical (unpaired) electrons. The first-order valence-corrected chi connectivity index (χ1v) is 55.9. The Bertz CT molecular complexity index is 5860. The number of phenolic OH excluding ortho intramolecular Hbond substituents is 2. The zero-order valence-corrected chi connectivity index (χ0v) is 86.0. The van der Waals surface area contributed by atoms with Crippen LogP contribution in [0.5, 0.6) is 17.2 Å². The average Bonchev–Trinajstić information content (AvgIpc) is 1.50. The van der Waals surface area contributed by atoms with Crippen molar-refractivity contribution in [2.75, 3.05) is 65.4 Å². The molecule has 11 N–H and O–H groups in total. The van der Waals surface area contributed by atoms with E-state index in [1.165, 1.54) is 126 Å². The number of Topliss-reactive ketones (excluding diaryl/α,β-unsaturated/α-hetero) is 2. The van der Waals surface area contributed by atoms with Gasteiger partial charge in [-0.1, -0.05) is 95.6 Å². The fourth-order valence-corrected chi connectivity index (χ4v) is 33.4. The second-order valence-electron chi connectivity index (χ2n) is 48.3. The fourth-order valence-electron chi connectivity index (χ4n) is 32.3. The number of nitrogens with two attached hydrogens (primary N) is 1. The van der Waals surface area contributed by atoms with E-state index in [0.717, 1.165) is 227 Å². The minimum absolute atomic E-state index is 0.000395. The number of amides is 2. The average molecular weight is 2110 g/mol. The first kappa shape index (κ1) is 94.5. The summed E-state index contributed by atoms with van der Waals surface area (Å²) in [7, 11) is 0. The molecule has 22 heteroatoms. The van der Waals surface area contributed by atoms with E-state index in [-0.39, 0.29) is 93.7 Å². The lowest BCUT2D eigenvalue weighted by Gasteiger charge is -2.65. The minimum atomic E-state index is -0.940. The van der Waals surface area contributed by atoms with Crippen LogP contribution in [0.1, 0.15) is 279 Å². The number of rotatable bonds is 14. The highest BCUT2D eigenvalue weighted by molar-refractivity contribution is 14.1. The Morgan fingerprint density at radius 1 is 0.403 bits per heavy atom. The number of halogens is 2. The molecule has 10 bridgehead atoms. The number of phenols is 2. The number of piperidine rings is 5. The first-order chi connectivity index (χ1) is 66.8. The summed E-state index contributed by atoms with van der Waals surface area (Å²) in [5.41, 5.74) is 18.7. The van der Waals surface area contributed by atoms with E-state index in [1.54, 1.807) is 12.1 Å². The molecule has 1 spiro atoms. The SMILES string of the molecule is Cc1ccc2c(c1)C13CCN(CC4CC4)C(C2)[C@]1(O)CCC(=O)C3.Cc1ccc2c(c1)C13CCN(CC4CC4)C(C2)[C@]1(O)CC[C@@H](N)C3.Cc1ccc2c(c1)C13CCN(CC4CC4)C(C2)[C@]1(O)CC[C@@H](NC(=O)c1cccc(I)c1)C3.O=C(N[C@@H]1CC[C@@]2(O)C3Cc4ccc(O)cc4C2(CCN3CC2CC2)C1)c1cccc(I)c1.O=C1CC[C@@]2(O)C3Cc4ccc(O)c5c4C2(CCN3CC2CC2)C1O5. The number of nitrogens with zero attached hydrogens (tertiary/aromatic N) is 5. The molecule has 6 heterocycles. The molecule has 10 saturated carbocycles. The minimum Gasteiger partial charge on any atom is -0.508 e. The van der Waals surface area contributed by atoms with Crippen LogP contribution in [0.4, 0.5) is 0 Å². The Hall–Kier alpha value is -6.76. The predicted molar refractivity (Wildman–Crippen MR) is 553 cm³/mol. The largest absolute Gasteiger partial charge is 0.508 e. The van der Waals surface area contributed by atoms with Crippen LogP contribution in [-0.2, 0) is 68.8 Å². The van der Waals surface area contributed by atoms with Gasteiger partial charge in [0.1, 0.15) is 11.5 Å². The van der Waals surface area contributed by atoms with E-state index in [4.69, 9.17) is 10.5 Å². The number of likely N-dealkylation sites (tertiary alicyclic amines) is 5. The standard InChI is InChI=1S/C28H33IN2O2.C27H31IN2O3.C21H30N2O.C21H27NO2.C20H23NO4/c1-18-5-8-20-15-25-28(33)10-9-23(30-26(32)21-3-2-4-22(29)14-21)16-27(28,24(20)13-18)11-12-31(25)17-19-6-7-19;28-20-3-1-2-19(12-20)25(32)29-21-8-9-27(33)24-13-18-6-7-22(31)14-23(18)26(27,15-21)10-11-30(24)16-17-4-5-17;1-14-2-5-16-11-19-21(24)7-6-17(22)12-20(21,18(16)10-14)8-9-23(19)13-15-3-4-15;1-14-2-5-16-11-19-21(24)7-6-17(23)12-20(21,18(16)10-14)8-9-22(19)13-15-3-4-15;22-13-4-3-12-9-15-20(24)6-5-14(23)18-19(20,16(12)17(13)25-18)7-8-21(15)10-11-1-2-11/h2-5,8,13-14,19,23,25,33H,6-7,9-12,15-17H2,1H3,(H,30,32);1-3,6-7,12,14,17,21,24,31,33H,4-5,8-11,13,15-16H2,(H,29,32);2,5,10,15,17,19,24H,3-4,6-9,11-13,22H2,1H3;2,5,10,15,19,24H,3-4,6-9,11-13H2,1H3;3-4,11,15,18,22,24H,1-2,5-10H2/t23-,25?,27?,28-;21-,24?,26?,27-;17-,19?,20?,21-;19?,20?,21-;15?,18?,19?,20-/m11111/s1. The molecular formula is C117H144I2N8O12. The monoisotopic (exact) mass is 2110 g/mol. The number of fused-ring (bicyclic) bond motifs is 4. The molecule has 139 heavy (non-hydrogen) atoms. The maximum absolute atomic E-state index is 13.1. The zero-order chi connectivity index (χ0) is 95.6. The van der Waals surface area contributed by atoms with Gasteiger partial charge in [-0.05, 0) is 432 Å². The van der Waals surface area contributed by atoms with Gasteiger partial charge in [0.25, 0.3) is 11.8 Å². The molecule has 21 aliphatic rings. The summed E-state index contributed by atoms with van der Waals surface area (Å²) < 4.78 is 8.15. The summed E-state index contributed by atoms with van der Waals surface area (Å²) in [4.78, 5) is 64.0. The van der Waals surface area contributed by atoms with Crippen molar-refractivity contribution in [3.05, 3.63) is 224 Å². The topological polar surface area (TPSA) is 285 Å². The molecule has 19 atom stereocenters. The number of ether oxygens (including phenoxy) is 1. The van der Waals surface area contributed by atoms with Gasteiger partial charge >= 0.3 is 0 Å². The Morgan fingerprint density at radius 2 is 0.770 bits per heavy atom. The van der Waals surface area contributed by atoms with E-state index in [1.807, 2.05) is 66.7 Å². The first-order valence-electron chi connectivity index (χ1n) is 53.7. The summed E-state index contributed by atoms with van der Waals surface area (Å²) in [6.45, 7) is 17.1. The molecule has 11 unspecified atom stereocenters. The van der Waals surface area contributed by atoms with Gasteiger partial charge < -0.3 is 56.8 Å². The molecule has 7 aromatic rings. The maximum atomic E-state index is 13.1. The molecule has 15 aliphatic carbocycles. The Morgan fingerprint density at radius 3 is 1.21 bits per heavy atom. The second kappa shape index (κ2) is 35.3. The maximum Gasteiger partial charge on any atom is 0.251 e. The van der Waals surface area contributed by atoms with E-state index in [9.17, 15) is 54.9 Å². The van der Waals surface area contributed by atoms with Crippen LogP contribution < -0.4 is 21.1 Å². The molecule has 15 fully saturated rings. The van der Waals surface area contributed by atoms with Crippen molar-refractivity contribution >= 4 is 68.6 Å². The summed E-state index contributed by atoms with van der Waals surface area (Å²) in [6, 6.07) is 46.4. The number of benzene rings is 7. The van der Waals surface area contributed by atoms with Crippen molar-refractivity contribution in [2.45, 2.75) is 349 Å². The van der Waals surface area contributed by atoms with Crippen LogP contribution in [0.25, 0.3) is 0 Å². The lowest BCUT2D eigenvalue weighted by molar-refractivity contribution is -0.188. The molecule has 20 nitrogen and oxygen atoms in total. The highest BCUT2D eigenvalue weighted by Crippen LogP contribution is 2.68. The number of aryl methyl sites for hydroxylation is 3. The number of carbonyl (C=O) groups excluding carboxylic acids is 4. The van der Waals surface area contributed by atoms with Crippen LogP contribution >= 0.6 is 45.2 Å². The lowest BCUT2D eigenvalue weighted by atomic mass is 9.48. The predicted octanol–water partition coefficient (Wildman–Crippen LogP) is 15.4. The van der Waals surface area contributed by atoms with E-state index in [0.29, 0.717) is 62.0 Å². The van der Waals surface area contributed by atoms with E-state index < -0.39 is 44.9 Å². The third-order valence-corrected chi connectivity index (χ3v) is 41.4. The number of hydrogen-bond acceptors (Lipinski definition) is 18. The van der Waals surface area contributed by atoms with Crippen molar-refractivity contribution in [3.63, 3.8) is 0 Å². The van der Waals surface area contributed by atoms with E-state index >= 15 is 0 Å². The molecule has 0 aromatic heterocycles. The van der Waals surface area contributed by atoms with Gasteiger partial charge in [-0.15, -0.1) is 0 Å². The van der Waals surface area contributed by atoms with Gasteiger partial charge in [0.15, 0.2) is 23.4 Å². The third kappa shape index (κ3) is 15.8. The van der Waals surface area contributed by atoms with Crippen LogP contribution in [-0.4, -0.2) is 232 Å². The van der Waals surface area contributed by atoms with Crippen LogP contribution in [0.2, 0.25) is 0 Å². The summed E-state index contributed by atoms with van der Waals surface area (Å²) in [6.07, 6.45) is 31.7. The molecule has 2 amide bonds. The van der Waals surface area contributed by atoms with Gasteiger partial charge in [-0.2, -0.15) is 0 Å². The Kier molecular flexibility index (Phi) is 24.0. The van der Waals surface area contributed by atoms with Gasteiger partial charge in [0, 0.05) is 146 Å². The van der Waals surface area contributed by atoms with Crippen LogP contribution in [0.3, 0.4) is 0 Å². The number of ketones is 2.